The molecule has 3 heteroatoms. The Morgan fingerprint density at radius 1 is 1.56 bits per heavy atom. The number of aromatic nitrogens is 2. The van der Waals surface area contributed by atoms with E-state index in [2.05, 4.69) is 29.4 Å². The lowest BCUT2D eigenvalue weighted by molar-refractivity contribution is 0.320. The van der Waals surface area contributed by atoms with Gasteiger partial charge in [0.05, 0.1) is 6.20 Å². The van der Waals surface area contributed by atoms with E-state index in [0.29, 0.717) is 17.5 Å². The van der Waals surface area contributed by atoms with Crippen LogP contribution in [0.25, 0.3) is 0 Å². The molecule has 0 aliphatic heterocycles. The number of rotatable bonds is 3. The first-order valence-electron chi connectivity index (χ1n) is 6.44. The maximum absolute atomic E-state index is 4.13. The molecule has 1 aromatic heterocycles. The number of nitrogens with one attached hydrogen (secondary N) is 2. The minimum Gasteiger partial charge on any atom is -0.311 e. The summed E-state index contributed by atoms with van der Waals surface area (Å²) in [6.45, 7) is 4.74. The zero-order valence-corrected chi connectivity index (χ0v) is 10.2. The average Bonchev–Trinajstić information content (AvgIpc) is 2.87. The fraction of sp³-hybridized carbons (Fsp3) is 0.769. The lowest BCUT2D eigenvalue weighted by atomic mass is 9.91. The molecule has 1 heterocycles. The molecule has 3 nitrogen and oxygen atoms in total. The third-order valence-electron chi connectivity index (χ3n) is 4.59. The largest absolute Gasteiger partial charge is 0.311 e. The molecule has 0 amide bonds. The van der Waals surface area contributed by atoms with Crippen LogP contribution in [-0.4, -0.2) is 22.3 Å². The number of fused-ring (bicyclic) bond motifs is 1. The highest BCUT2D eigenvalue weighted by Crippen LogP contribution is 2.48. The monoisotopic (exact) mass is 219 g/mol. The van der Waals surface area contributed by atoms with Crippen molar-refractivity contribution in [3.05, 3.63) is 17.5 Å². The molecule has 1 saturated carbocycles. The summed E-state index contributed by atoms with van der Waals surface area (Å²) in [5.41, 5.74) is 3.34. The van der Waals surface area contributed by atoms with Crippen molar-refractivity contribution in [2.24, 2.45) is 5.41 Å². The standard InChI is InChI=1S/C13H21N3/c1-9(13(2)5-6-13)15-11-3-4-12-10(7-11)8-14-16-12/h8-9,11,15H,3-7H2,1-2H3,(H,14,16). The number of H-pyrrole nitrogens is 1. The molecule has 0 bridgehead atoms. The van der Waals surface area contributed by atoms with Gasteiger partial charge in [0.1, 0.15) is 0 Å². The minimum absolute atomic E-state index is 0.580. The Balaban J connectivity index is 1.62. The van der Waals surface area contributed by atoms with E-state index in [1.54, 1.807) is 0 Å². The Labute approximate surface area is 97.0 Å². The summed E-state index contributed by atoms with van der Waals surface area (Å²) in [4.78, 5) is 0. The van der Waals surface area contributed by atoms with Crippen LogP contribution in [0.4, 0.5) is 0 Å². The van der Waals surface area contributed by atoms with Gasteiger partial charge in [-0.1, -0.05) is 6.92 Å². The van der Waals surface area contributed by atoms with Crippen LogP contribution in [-0.2, 0) is 12.8 Å². The number of aromatic amines is 1. The number of hydrogen-bond acceptors (Lipinski definition) is 2. The third kappa shape index (κ3) is 1.77. The molecule has 2 aliphatic carbocycles. The molecule has 88 valence electrons. The van der Waals surface area contributed by atoms with Crippen molar-refractivity contribution < 1.29 is 0 Å². The predicted octanol–water partition coefficient (Wildman–Crippen LogP) is 2.05. The van der Waals surface area contributed by atoms with Gasteiger partial charge in [-0.25, -0.2) is 0 Å². The van der Waals surface area contributed by atoms with Crippen molar-refractivity contribution in [1.82, 2.24) is 15.5 Å². The quantitative estimate of drug-likeness (QED) is 0.817. The fourth-order valence-corrected chi connectivity index (χ4v) is 2.74. The molecule has 2 unspecified atom stereocenters. The van der Waals surface area contributed by atoms with Crippen LogP contribution < -0.4 is 5.32 Å². The molecule has 0 saturated heterocycles. The summed E-state index contributed by atoms with van der Waals surface area (Å²) in [5.74, 6) is 0. The highest BCUT2D eigenvalue weighted by molar-refractivity contribution is 5.21. The summed E-state index contributed by atoms with van der Waals surface area (Å²) in [6, 6.07) is 1.31. The molecule has 2 aliphatic rings. The molecule has 1 aromatic rings. The number of aryl methyl sites for hydroxylation is 1. The van der Waals surface area contributed by atoms with Crippen LogP contribution in [0.15, 0.2) is 6.20 Å². The van der Waals surface area contributed by atoms with Crippen molar-refractivity contribution in [3.63, 3.8) is 0 Å². The summed E-state index contributed by atoms with van der Waals surface area (Å²) in [7, 11) is 0. The smallest absolute Gasteiger partial charge is 0.0522 e. The summed E-state index contributed by atoms with van der Waals surface area (Å²) >= 11 is 0. The van der Waals surface area contributed by atoms with Gasteiger partial charge in [-0.2, -0.15) is 5.10 Å². The highest BCUT2D eigenvalue weighted by atomic mass is 15.1. The van der Waals surface area contributed by atoms with Crippen molar-refractivity contribution in [2.75, 3.05) is 0 Å². The molecule has 0 aromatic carbocycles. The predicted molar refractivity (Wildman–Crippen MR) is 64.3 cm³/mol. The van der Waals surface area contributed by atoms with Gasteiger partial charge in [-0.05, 0) is 50.0 Å². The molecule has 2 atom stereocenters. The second-order valence-electron chi connectivity index (χ2n) is 5.86. The van der Waals surface area contributed by atoms with E-state index in [4.69, 9.17) is 0 Å². The Morgan fingerprint density at radius 2 is 2.38 bits per heavy atom. The minimum atomic E-state index is 0.580. The Kier molecular flexibility index (Phi) is 2.32. The first-order chi connectivity index (χ1) is 7.67. The maximum atomic E-state index is 4.13. The van der Waals surface area contributed by atoms with E-state index in [9.17, 15) is 0 Å². The highest BCUT2D eigenvalue weighted by Gasteiger charge is 2.43. The second-order valence-corrected chi connectivity index (χ2v) is 5.86. The van der Waals surface area contributed by atoms with Crippen LogP contribution in [0.2, 0.25) is 0 Å². The van der Waals surface area contributed by atoms with Gasteiger partial charge < -0.3 is 5.32 Å². The van der Waals surface area contributed by atoms with E-state index in [0.717, 1.165) is 12.8 Å². The van der Waals surface area contributed by atoms with Gasteiger partial charge in [-0.15, -0.1) is 0 Å². The molecular formula is C13H21N3. The van der Waals surface area contributed by atoms with E-state index in [-0.39, 0.29) is 0 Å². The molecule has 3 rings (SSSR count). The molecule has 0 spiro atoms. The molecule has 1 fully saturated rings. The Morgan fingerprint density at radius 3 is 3.12 bits per heavy atom. The van der Waals surface area contributed by atoms with Gasteiger partial charge in [-0.3, -0.25) is 5.10 Å². The van der Waals surface area contributed by atoms with E-state index >= 15 is 0 Å². The number of nitrogens with zero attached hydrogens (tertiary/aromatic N) is 1. The molecule has 16 heavy (non-hydrogen) atoms. The Bertz CT molecular complexity index is 378. The van der Waals surface area contributed by atoms with E-state index < -0.39 is 0 Å². The summed E-state index contributed by atoms with van der Waals surface area (Å²) < 4.78 is 0. The second kappa shape index (κ2) is 3.59. The van der Waals surface area contributed by atoms with Crippen LogP contribution in [0.3, 0.4) is 0 Å². The van der Waals surface area contributed by atoms with Gasteiger partial charge in [0, 0.05) is 17.8 Å². The average molecular weight is 219 g/mol. The zero-order chi connectivity index (χ0) is 11.2. The Hall–Kier alpha value is -0.830. The van der Waals surface area contributed by atoms with Crippen LogP contribution in [0.1, 0.15) is 44.4 Å². The van der Waals surface area contributed by atoms with Crippen molar-refractivity contribution >= 4 is 0 Å². The van der Waals surface area contributed by atoms with Gasteiger partial charge in [0.2, 0.25) is 0 Å². The maximum Gasteiger partial charge on any atom is 0.0522 e. The normalized spacial score (nSPS) is 28.5. The first kappa shape index (κ1) is 10.3. The fourth-order valence-electron chi connectivity index (χ4n) is 2.74. The third-order valence-corrected chi connectivity index (χ3v) is 4.59. The van der Waals surface area contributed by atoms with E-state index in [1.165, 1.54) is 30.5 Å². The molecule has 0 radical (unpaired) electrons. The zero-order valence-electron chi connectivity index (χ0n) is 10.2. The number of hydrogen-bond donors (Lipinski definition) is 2. The van der Waals surface area contributed by atoms with Gasteiger partial charge in [0.15, 0.2) is 0 Å². The van der Waals surface area contributed by atoms with Gasteiger partial charge in [0.25, 0.3) is 0 Å². The lowest BCUT2D eigenvalue weighted by Crippen LogP contribution is -2.43. The SMILES string of the molecule is CC(NC1CCc2[nH]ncc2C1)C1(C)CC1. The van der Waals surface area contributed by atoms with E-state index in [1.807, 2.05) is 6.20 Å². The molecule has 2 N–H and O–H groups in total. The van der Waals surface area contributed by atoms with Crippen molar-refractivity contribution in [1.29, 1.82) is 0 Å². The lowest BCUT2D eigenvalue weighted by Gasteiger charge is -2.29. The topological polar surface area (TPSA) is 40.7 Å². The van der Waals surface area contributed by atoms with Crippen LogP contribution in [0, 0.1) is 5.41 Å². The van der Waals surface area contributed by atoms with Gasteiger partial charge >= 0.3 is 0 Å². The first-order valence-corrected chi connectivity index (χ1v) is 6.44. The van der Waals surface area contributed by atoms with Crippen molar-refractivity contribution in [3.8, 4) is 0 Å². The van der Waals surface area contributed by atoms with Crippen LogP contribution in [0.5, 0.6) is 0 Å². The summed E-state index contributed by atoms with van der Waals surface area (Å²) in [6.07, 6.45) is 8.32. The van der Waals surface area contributed by atoms with Crippen molar-refractivity contribution in [2.45, 2.75) is 58.0 Å². The van der Waals surface area contributed by atoms with Crippen LogP contribution >= 0.6 is 0 Å². The molecular weight excluding hydrogens is 198 g/mol. The summed E-state index contributed by atoms with van der Waals surface area (Å²) in [5, 5.41) is 11.0.